The summed E-state index contributed by atoms with van der Waals surface area (Å²) >= 11 is 0. The van der Waals surface area contributed by atoms with E-state index >= 15 is 0 Å². The summed E-state index contributed by atoms with van der Waals surface area (Å²) in [4.78, 5) is 2.64. The summed E-state index contributed by atoms with van der Waals surface area (Å²) in [7, 11) is -3.90. The van der Waals surface area contributed by atoms with Crippen LogP contribution in [0.15, 0.2) is 108 Å². The van der Waals surface area contributed by atoms with E-state index in [2.05, 4.69) is 59.9 Å². The van der Waals surface area contributed by atoms with E-state index in [4.69, 9.17) is 13.9 Å². The first-order valence-electron chi connectivity index (χ1n) is 19.0. The highest BCUT2D eigenvalue weighted by Gasteiger charge is 2.57. The van der Waals surface area contributed by atoms with Gasteiger partial charge in [-0.05, 0) is 78.8 Å². The zero-order valence-electron chi connectivity index (χ0n) is 32.5. The van der Waals surface area contributed by atoms with Crippen LogP contribution in [0.5, 0.6) is 11.5 Å². The van der Waals surface area contributed by atoms with Gasteiger partial charge in [-0.2, -0.15) is 4.31 Å². The first kappa shape index (κ1) is 42.4. The average Bonchev–Trinajstić information content (AvgIpc) is 3.16. The van der Waals surface area contributed by atoms with E-state index < -0.39 is 31.2 Å². The van der Waals surface area contributed by atoms with E-state index in [0.29, 0.717) is 62.7 Å². The highest BCUT2D eigenvalue weighted by Crippen LogP contribution is 2.51. The number of sulfonamides is 2. The number of rotatable bonds is 21. The van der Waals surface area contributed by atoms with Gasteiger partial charge in [0.05, 0.1) is 34.6 Å². The molecular formula is C42H54N3O7S2Si. The van der Waals surface area contributed by atoms with Crippen molar-refractivity contribution in [3.63, 3.8) is 0 Å². The summed E-state index contributed by atoms with van der Waals surface area (Å²) in [6, 6.07) is 31.9. The van der Waals surface area contributed by atoms with Gasteiger partial charge in [0.25, 0.3) is 0 Å². The third kappa shape index (κ3) is 9.46. The maximum absolute atomic E-state index is 13.9. The highest BCUT2D eigenvalue weighted by molar-refractivity contribution is 7.92. The second-order valence-electron chi connectivity index (χ2n) is 14.1. The molecule has 0 unspecified atom stereocenters. The van der Waals surface area contributed by atoms with Crippen LogP contribution in [0.3, 0.4) is 0 Å². The first-order valence-corrected chi connectivity index (χ1v) is 22.8. The second kappa shape index (κ2) is 18.5. The minimum absolute atomic E-state index is 0.152. The SMILES string of the molecule is CCCCOc1ccc(S(=O)(=O)N2CC(N(Cc3ccccc3)C(CC)(CC)[C@](CC)(O[Si])c3ccc(OCc4ccccc4)c(NS(C)(=O)=O)c3)C2)cc1. The lowest BCUT2D eigenvalue weighted by atomic mass is 9.67. The molecule has 1 aliphatic heterocycles. The summed E-state index contributed by atoms with van der Waals surface area (Å²) in [6.07, 6.45) is 4.84. The van der Waals surface area contributed by atoms with E-state index in [1.807, 2.05) is 54.6 Å². The third-order valence-corrected chi connectivity index (χ3v) is 13.6. The number of benzene rings is 4. The zero-order chi connectivity index (χ0) is 39.7. The smallest absolute Gasteiger partial charge is 0.247 e. The summed E-state index contributed by atoms with van der Waals surface area (Å²) in [5.41, 5.74) is 1.34. The Balaban J connectivity index is 1.52. The van der Waals surface area contributed by atoms with Crippen molar-refractivity contribution < 1.29 is 30.7 Å². The molecule has 13 heteroatoms. The van der Waals surface area contributed by atoms with Crippen molar-refractivity contribution in [2.75, 3.05) is 30.7 Å². The maximum Gasteiger partial charge on any atom is 0.247 e. The number of nitrogens with zero attached hydrogens (tertiary/aromatic N) is 2. The van der Waals surface area contributed by atoms with Gasteiger partial charge in [-0.15, -0.1) is 0 Å². The average molecular weight is 805 g/mol. The number of anilines is 1. The Morgan fingerprint density at radius 3 is 1.96 bits per heavy atom. The summed E-state index contributed by atoms with van der Waals surface area (Å²) < 4.78 is 75.9. The molecule has 3 radical (unpaired) electrons. The Morgan fingerprint density at radius 1 is 0.800 bits per heavy atom. The fourth-order valence-corrected chi connectivity index (χ4v) is 10.3. The Labute approximate surface area is 331 Å². The standard InChI is InChI=1S/C42H54N3O7S2Si/c1-6-10-27-50-37-22-24-38(25-23-37)54(48,49)44-30-36(31-44)45(29-33-17-13-11-14-18-33)41(7-2,8-3)42(9-4,52-55)35-21-26-40(39(28-35)43-53(5,46)47)51-32-34-19-15-12-16-20-34/h11-26,28,36,43H,6-10,27,29-32H2,1-5H3/t42-/m1/s1. The molecule has 1 aliphatic rings. The van der Waals surface area contributed by atoms with Crippen molar-refractivity contribution in [1.29, 1.82) is 0 Å². The van der Waals surface area contributed by atoms with Gasteiger partial charge in [0, 0.05) is 25.7 Å². The quantitative estimate of drug-likeness (QED) is 0.0675. The Morgan fingerprint density at radius 2 is 1.42 bits per heavy atom. The largest absolute Gasteiger partial charge is 0.494 e. The summed E-state index contributed by atoms with van der Waals surface area (Å²) in [6.45, 7) is 10.4. The molecule has 55 heavy (non-hydrogen) atoms. The van der Waals surface area contributed by atoms with Crippen LogP contribution in [0, 0.1) is 0 Å². The number of hydrogen-bond acceptors (Lipinski definition) is 8. The normalized spacial score (nSPS) is 15.3. The van der Waals surface area contributed by atoms with Crippen LogP contribution in [-0.4, -0.2) is 74.1 Å². The predicted octanol–water partition coefficient (Wildman–Crippen LogP) is 7.66. The lowest BCUT2D eigenvalue weighted by Gasteiger charge is -2.60. The van der Waals surface area contributed by atoms with Crippen LogP contribution in [0.1, 0.15) is 76.5 Å². The highest BCUT2D eigenvalue weighted by atomic mass is 32.2. The van der Waals surface area contributed by atoms with Gasteiger partial charge < -0.3 is 13.9 Å². The molecule has 4 aromatic rings. The molecule has 1 fully saturated rings. The number of unbranched alkanes of at least 4 members (excludes halogenated alkanes) is 1. The molecule has 1 atom stereocenters. The minimum atomic E-state index is -3.76. The molecule has 0 spiro atoms. The van der Waals surface area contributed by atoms with E-state index in [0.717, 1.165) is 35.8 Å². The van der Waals surface area contributed by atoms with Gasteiger partial charge in [0.1, 0.15) is 18.1 Å². The van der Waals surface area contributed by atoms with Crippen molar-refractivity contribution in [3.05, 3.63) is 120 Å². The molecule has 0 bridgehead atoms. The maximum atomic E-state index is 13.9. The Kier molecular flexibility index (Phi) is 14.3. The molecule has 0 aromatic heterocycles. The number of hydrogen-bond donors (Lipinski definition) is 1. The van der Waals surface area contributed by atoms with E-state index in [1.54, 1.807) is 36.4 Å². The molecule has 1 saturated heterocycles. The van der Waals surface area contributed by atoms with Gasteiger partial charge in [-0.1, -0.05) is 101 Å². The van der Waals surface area contributed by atoms with Crippen molar-refractivity contribution in [2.45, 2.75) is 95.0 Å². The lowest BCUT2D eigenvalue weighted by Crippen LogP contribution is -2.71. The molecule has 5 rings (SSSR count). The van der Waals surface area contributed by atoms with E-state index in [9.17, 15) is 16.8 Å². The van der Waals surface area contributed by atoms with Crippen LogP contribution in [0.4, 0.5) is 5.69 Å². The predicted molar refractivity (Wildman–Crippen MR) is 219 cm³/mol. The summed E-state index contributed by atoms with van der Waals surface area (Å²) in [5.74, 6) is 1.03. The molecule has 1 heterocycles. The number of nitrogens with one attached hydrogen (secondary N) is 1. The van der Waals surface area contributed by atoms with Crippen molar-refractivity contribution in [3.8, 4) is 11.5 Å². The Hall–Kier alpha value is -3.72. The zero-order valence-corrected chi connectivity index (χ0v) is 35.2. The van der Waals surface area contributed by atoms with Crippen molar-refractivity contribution in [1.82, 2.24) is 9.21 Å². The van der Waals surface area contributed by atoms with Crippen molar-refractivity contribution in [2.24, 2.45) is 0 Å². The third-order valence-electron chi connectivity index (χ3n) is 10.8. The monoisotopic (exact) mass is 804 g/mol. The Bertz CT molecular complexity index is 2040. The van der Waals surface area contributed by atoms with Crippen LogP contribution in [0.25, 0.3) is 0 Å². The first-order chi connectivity index (χ1) is 26.4. The van der Waals surface area contributed by atoms with E-state index in [-0.39, 0.29) is 17.5 Å². The van der Waals surface area contributed by atoms with Crippen LogP contribution in [-0.2, 0) is 43.2 Å². The topological polar surface area (TPSA) is 114 Å². The molecular weight excluding hydrogens is 751 g/mol. The van der Waals surface area contributed by atoms with Gasteiger partial charge in [0.15, 0.2) is 0 Å². The van der Waals surface area contributed by atoms with E-state index in [1.165, 1.54) is 4.31 Å². The molecule has 295 valence electrons. The molecule has 0 aliphatic carbocycles. The van der Waals surface area contributed by atoms with Crippen LogP contribution in [0.2, 0.25) is 0 Å². The van der Waals surface area contributed by atoms with Crippen LogP contribution < -0.4 is 14.2 Å². The van der Waals surface area contributed by atoms with Gasteiger partial charge >= 0.3 is 0 Å². The molecule has 1 N–H and O–H groups in total. The fourth-order valence-electron chi connectivity index (χ4n) is 7.82. The number of ether oxygens (including phenoxy) is 2. The van der Waals surface area contributed by atoms with Gasteiger partial charge in [-0.3, -0.25) is 9.62 Å². The molecule has 10 nitrogen and oxygen atoms in total. The second-order valence-corrected chi connectivity index (χ2v) is 18.0. The minimum Gasteiger partial charge on any atom is -0.494 e. The lowest BCUT2D eigenvalue weighted by molar-refractivity contribution is -0.142. The van der Waals surface area contributed by atoms with Crippen LogP contribution >= 0.6 is 0 Å². The van der Waals surface area contributed by atoms with Gasteiger partial charge in [-0.25, -0.2) is 16.8 Å². The molecule has 0 saturated carbocycles. The molecule has 0 amide bonds. The summed E-state index contributed by atoms with van der Waals surface area (Å²) in [5, 5.41) is 0. The molecule has 4 aromatic carbocycles. The van der Waals surface area contributed by atoms with Crippen molar-refractivity contribution >= 4 is 36.2 Å². The van der Waals surface area contributed by atoms with Gasteiger partial charge in [0.2, 0.25) is 30.5 Å². The fraction of sp³-hybridized carbons (Fsp3) is 0.429.